The highest BCUT2D eigenvalue weighted by Crippen LogP contribution is 2.24. The molecular weight excluding hydrogens is 350 g/mol. The topological polar surface area (TPSA) is 67.0 Å². The van der Waals surface area contributed by atoms with Gasteiger partial charge in [0.2, 0.25) is 0 Å². The average molecular weight is 373 g/mol. The Bertz CT molecular complexity index is 1040. The van der Waals surface area contributed by atoms with Crippen LogP contribution in [0.15, 0.2) is 54.6 Å². The molecule has 1 unspecified atom stereocenters. The first-order valence-corrected chi connectivity index (χ1v) is 9.09. The van der Waals surface area contributed by atoms with E-state index in [4.69, 9.17) is 10.00 Å². The highest BCUT2D eigenvalue weighted by Gasteiger charge is 2.19. The minimum Gasteiger partial charge on any atom is -0.497 e. The summed E-state index contributed by atoms with van der Waals surface area (Å²) >= 11 is 0. The summed E-state index contributed by atoms with van der Waals surface area (Å²) in [6.07, 6.45) is 0. The number of aryl methyl sites for hydroxylation is 1. The number of amides is 1. The van der Waals surface area contributed by atoms with E-state index in [9.17, 15) is 4.79 Å². The molecule has 0 bridgehead atoms. The number of aromatic nitrogens is 1. The van der Waals surface area contributed by atoms with Crippen molar-refractivity contribution in [2.24, 2.45) is 0 Å². The monoisotopic (exact) mass is 373 g/mol. The molecule has 28 heavy (non-hydrogen) atoms. The minimum atomic E-state index is -0.167. The molecule has 3 aromatic rings. The van der Waals surface area contributed by atoms with Crippen molar-refractivity contribution in [2.75, 3.05) is 7.11 Å². The van der Waals surface area contributed by atoms with Crippen LogP contribution in [0.1, 0.15) is 45.8 Å². The lowest BCUT2D eigenvalue weighted by Crippen LogP contribution is -2.27. The van der Waals surface area contributed by atoms with E-state index >= 15 is 0 Å². The first kappa shape index (κ1) is 19.2. The predicted octanol–water partition coefficient (Wildman–Crippen LogP) is 4.47. The largest absolute Gasteiger partial charge is 0.497 e. The van der Waals surface area contributed by atoms with Gasteiger partial charge < -0.3 is 14.6 Å². The SMILES string of the molecule is COc1cccc(-n2c(C)cc(C(=O)NC(C)c3ccc(C#N)cc3)c2C)c1. The quantitative estimate of drug-likeness (QED) is 0.718. The Labute approximate surface area is 165 Å². The molecule has 0 aliphatic carbocycles. The van der Waals surface area contributed by atoms with E-state index in [1.54, 1.807) is 19.2 Å². The molecule has 1 N–H and O–H groups in total. The molecule has 1 heterocycles. The van der Waals surface area contributed by atoms with Gasteiger partial charge in [0, 0.05) is 23.1 Å². The third-order valence-electron chi connectivity index (χ3n) is 4.87. The maximum atomic E-state index is 12.9. The molecule has 1 amide bonds. The van der Waals surface area contributed by atoms with Gasteiger partial charge in [0.25, 0.3) is 5.91 Å². The number of hydrogen-bond acceptors (Lipinski definition) is 3. The summed E-state index contributed by atoms with van der Waals surface area (Å²) in [6.45, 7) is 5.85. The van der Waals surface area contributed by atoms with E-state index in [1.807, 2.05) is 67.8 Å². The summed E-state index contributed by atoms with van der Waals surface area (Å²) in [5, 5.41) is 12.0. The summed E-state index contributed by atoms with van der Waals surface area (Å²) in [4.78, 5) is 12.9. The van der Waals surface area contributed by atoms with Crippen molar-refractivity contribution in [3.05, 3.63) is 82.7 Å². The molecule has 0 aliphatic rings. The average Bonchev–Trinajstić information content (AvgIpc) is 3.02. The second-order valence-corrected chi connectivity index (χ2v) is 6.75. The predicted molar refractivity (Wildman–Crippen MR) is 109 cm³/mol. The normalized spacial score (nSPS) is 11.5. The molecule has 0 aliphatic heterocycles. The molecule has 0 radical (unpaired) electrons. The third kappa shape index (κ3) is 3.77. The number of rotatable bonds is 5. The number of methoxy groups -OCH3 is 1. The van der Waals surface area contributed by atoms with Crippen molar-refractivity contribution in [2.45, 2.75) is 26.8 Å². The zero-order chi connectivity index (χ0) is 20.3. The Morgan fingerprint density at radius 1 is 1.14 bits per heavy atom. The van der Waals surface area contributed by atoms with Crippen LogP contribution in [-0.4, -0.2) is 17.6 Å². The number of hydrogen-bond donors (Lipinski definition) is 1. The Hall–Kier alpha value is -3.52. The maximum Gasteiger partial charge on any atom is 0.253 e. The van der Waals surface area contributed by atoms with Crippen LogP contribution in [0, 0.1) is 25.2 Å². The van der Waals surface area contributed by atoms with Crippen LogP contribution in [0.5, 0.6) is 5.75 Å². The van der Waals surface area contributed by atoms with Crippen LogP contribution in [0.4, 0.5) is 0 Å². The number of carbonyl (C=O) groups is 1. The lowest BCUT2D eigenvalue weighted by atomic mass is 10.1. The molecule has 1 aromatic heterocycles. The molecule has 0 spiro atoms. The fourth-order valence-electron chi connectivity index (χ4n) is 3.34. The molecule has 5 heteroatoms. The van der Waals surface area contributed by atoms with Gasteiger partial charge in [-0.15, -0.1) is 0 Å². The zero-order valence-corrected chi connectivity index (χ0v) is 16.5. The smallest absolute Gasteiger partial charge is 0.253 e. The lowest BCUT2D eigenvalue weighted by molar-refractivity contribution is 0.0939. The number of carbonyl (C=O) groups excluding carboxylic acids is 1. The third-order valence-corrected chi connectivity index (χ3v) is 4.87. The zero-order valence-electron chi connectivity index (χ0n) is 16.5. The van der Waals surface area contributed by atoms with Crippen molar-refractivity contribution in [3.8, 4) is 17.5 Å². The second-order valence-electron chi connectivity index (χ2n) is 6.75. The van der Waals surface area contributed by atoms with E-state index in [2.05, 4.69) is 11.4 Å². The van der Waals surface area contributed by atoms with Gasteiger partial charge in [-0.3, -0.25) is 4.79 Å². The molecule has 0 saturated carbocycles. The Morgan fingerprint density at radius 2 is 1.86 bits per heavy atom. The van der Waals surface area contributed by atoms with E-state index in [0.717, 1.165) is 28.4 Å². The molecule has 1 atom stereocenters. The van der Waals surface area contributed by atoms with E-state index in [-0.39, 0.29) is 11.9 Å². The standard InChI is InChI=1S/C23H23N3O2/c1-15-12-22(17(3)26(15)20-6-5-7-21(13-20)28-4)23(27)25-16(2)19-10-8-18(14-24)9-11-19/h5-13,16H,1-4H3,(H,25,27). The van der Waals surface area contributed by atoms with Gasteiger partial charge in [0.1, 0.15) is 5.75 Å². The fraction of sp³-hybridized carbons (Fsp3) is 0.217. The Kier molecular flexibility index (Phi) is 5.51. The van der Waals surface area contributed by atoms with Gasteiger partial charge in [0.05, 0.1) is 30.3 Å². The summed E-state index contributed by atoms with van der Waals surface area (Å²) in [7, 11) is 1.64. The number of nitrogens with zero attached hydrogens (tertiary/aromatic N) is 2. The molecule has 5 nitrogen and oxygen atoms in total. The van der Waals surface area contributed by atoms with Crippen LogP contribution in [0.2, 0.25) is 0 Å². The van der Waals surface area contributed by atoms with Crippen LogP contribution in [-0.2, 0) is 0 Å². The molecule has 2 aromatic carbocycles. The summed E-state index contributed by atoms with van der Waals surface area (Å²) in [6, 6.07) is 18.8. The Morgan fingerprint density at radius 3 is 2.50 bits per heavy atom. The number of nitrogens with one attached hydrogen (secondary N) is 1. The first-order chi connectivity index (χ1) is 13.4. The highest BCUT2D eigenvalue weighted by atomic mass is 16.5. The van der Waals surface area contributed by atoms with E-state index in [1.165, 1.54) is 0 Å². The van der Waals surface area contributed by atoms with Crippen LogP contribution in [0.3, 0.4) is 0 Å². The fourth-order valence-corrected chi connectivity index (χ4v) is 3.34. The van der Waals surface area contributed by atoms with Gasteiger partial charge in [-0.1, -0.05) is 18.2 Å². The van der Waals surface area contributed by atoms with E-state index in [0.29, 0.717) is 11.1 Å². The van der Waals surface area contributed by atoms with Crippen molar-refractivity contribution in [3.63, 3.8) is 0 Å². The molecule has 3 rings (SSSR count). The van der Waals surface area contributed by atoms with Crippen LogP contribution in [0.25, 0.3) is 5.69 Å². The second kappa shape index (κ2) is 8.01. The van der Waals surface area contributed by atoms with Crippen molar-refractivity contribution >= 4 is 5.91 Å². The minimum absolute atomic E-state index is 0.126. The summed E-state index contributed by atoms with van der Waals surface area (Å²) in [5.41, 5.74) is 4.99. The van der Waals surface area contributed by atoms with Gasteiger partial charge in [0.15, 0.2) is 0 Å². The van der Waals surface area contributed by atoms with Crippen LogP contribution < -0.4 is 10.1 Å². The number of benzene rings is 2. The van der Waals surface area contributed by atoms with Gasteiger partial charge in [-0.2, -0.15) is 5.26 Å². The highest BCUT2D eigenvalue weighted by molar-refractivity contribution is 5.96. The summed E-state index contributed by atoms with van der Waals surface area (Å²) < 4.78 is 7.36. The van der Waals surface area contributed by atoms with Crippen molar-refractivity contribution in [1.29, 1.82) is 5.26 Å². The molecular formula is C23H23N3O2. The van der Waals surface area contributed by atoms with Gasteiger partial charge >= 0.3 is 0 Å². The molecule has 0 saturated heterocycles. The summed E-state index contributed by atoms with van der Waals surface area (Å²) in [5.74, 6) is 0.643. The van der Waals surface area contributed by atoms with Crippen LogP contribution >= 0.6 is 0 Å². The molecule has 0 fully saturated rings. The maximum absolute atomic E-state index is 12.9. The molecule has 142 valence electrons. The van der Waals surface area contributed by atoms with Crippen molar-refractivity contribution < 1.29 is 9.53 Å². The number of nitriles is 1. The van der Waals surface area contributed by atoms with Gasteiger partial charge in [-0.05, 0) is 56.7 Å². The Balaban J connectivity index is 1.85. The number of ether oxygens (including phenoxy) is 1. The van der Waals surface area contributed by atoms with Gasteiger partial charge in [-0.25, -0.2) is 0 Å². The van der Waals surface area contributed by atoms with Crippen molar-refractivity contribution in [1.82, 2.24) is 9.88 Å². The first-order valence-electron chi connectivity index (χ1n) is 9.09. The lowest BCUT2D eigenvalue weighted by Gasteiger charge is -2.15. The van der Waals surface area contributed by atoms with E-state index < -0.39 is 0 Å².